The SMILES string of the molecule is C[Si](C)(C)c1ccc(OCC2=CN3c4ccc(C#N)cc4NC3O2)cn1. The molecule has 26 heavy (non-hydrogen) atoms. The molecule has 0 radical (unpaired) electrons. The topological polar surface area (TPSA) is 70.4 Å². The highest BCUT2D eigenvalue weighted by molar-refractivity contribution is 6.88. The number of nitriles is 1. The van der Waals surface area contributed by atoms with Crippen LogP contribution in [0.25, 0.3) is 0 Å². The van der Waals surface area contributed by atoms with Crippen molar-refractivity contribution in [1.29, 1.82) is 5.26 Å². The number of pyridine rings is 1. The van der Waals surface area contributed by atoms with E-state index in [0.29, 0.717) is 12.2 Å². The predicted molar refractivity (Wildman–Crippen MR) is 103 cm³/mol. The number of nitrogens with one attached hydrogen (secondary N) is 1. The fraction of sp³-hybridized carbons (Fsp3) is 0.263. The van der Waals surface area contributed by atoms with Crippen LogP contribution < -0.4 is 20.3 Å². The molecular formula is C19H20N4O2Si. The number of aromatic nitrogens is 1. The molecule has 0 spiro atoms. The van der Waals surface area contributed by atoms with Crippen molar-refractivity contribution < 1.29 is 9.47 Å². The van der Waals surface area contributed by atoms with Crippen molar-refractivity contribution in [3.8, 4) is 11.8 Å². The van der Waals surface area contributed by atoms with Crippen LogP contribution in [0.2, 0.25) is 19.6 Å². The van der Waals surface area contributed by atoms with Crippen molar-refractivity contribution in [2.45, 2.75) is 26.0 Å². The lowest BCUT2D eigenvalue weighted by molar-refractivity contribution is 0.142. The van der Waals surface area contributed by atoms with Crippen LogP contribution in [0.5, 0.6) is 5.75 Å². The minimum absolute atomic E-state index is 0.287. The van der Waals surface area contributed by atoms with Gasteiger partial charge in [0.25, 0.3) is 6.35 Å². The molecule has 1 N–H and O–H groups in total. The van der Waals surface area contributed by atoms with E-state index in [0.717, 1.165) is 22.9 Å². The molecule has 0 amide bonds. The van der Waals surface area contributed by atoms with Crippen LogP contribution in [0.15, 0.2) is 48.5 Å². The molecule has 2 aliphatic rings. The van der Waals surface area contributed by atoms with Crippen LogP contribution >= 0.6 is 0 Å². The molecular weight excluding hydrogens is 344 g/mol. The van der Waals surface area contributed by atoms with Gasteiger partial charge in [0.2, 0.25) is 0 Å². The molecule has 6 nitrogen and oxygen atoms in total. The van der Waals surface area contributed by atoms with E-state index in [2.05, 4.69) is 36.0 Å². The fourth-order valence-electron chi connectivity index (χ4n) is 2.96. The number of anilines is 2. The maximum Gasteiger partial charge on any atom is 0.254 e. The van der Waals surface area contributed by atoms with E-state index in [-0.39, 0.29) is 6.35 Å². The zero-order chi connectivity index (χ0) is 18.3. The average molecular weight is 364 g/mol. The molecule has 1 aromatic carbocycles. The summed E-state index contributed by atoms with van der Waals surface area (Å²) in [5.41, 5.74) is 2.51. The van der Waals surface area contributed by atoms with Gasteiger partial charge >= 0.3 is 0 Å². The number of rotatable bonds is 4. The summed E-state index contributed by atoms with van der Waals surface area (Å²) >= 11 is 0. The number of ether oxygens (including phenoxy) is 2. The molecule has 1 aromatic heterocycles. The standard InChI is InChI=1S/C19H20N4O2Si/c1-26(2,3)18-7-5-14(10-21-18)24-12-15-11-23-17-6-4-13(9-20)8-16(17)22-19(23)25-15/h4-8,10-11,19,22H,12H2,1-3H3. The Morgan fingerprint density at radius 3 is 2.85 bits per heavy atom. The Hall–Kier alpha value is -2.98. The largest absolute Gasteiger partial charge is 0.484 e. The van der Waals surface area contributed by atoms with E-state index in [1.165, 1.54) is 5.32 Å². The van der Waals surface area contributed by atoms with Crippen molar-refractivity contribution in [2.24, 2.45) is 0 Å². The predicted octanol–water partition coefficient (Wildman–Crippen LogP) is 2.96. The zero-order valence-corrected chi connectivity index (χ0v) is 16.0. The van der Waals surface area contributed by atoms with Gasteiger partial charge in [-0.15, -0.1) is 0 Å². The maximum absolute atomic E-state index is 9.00. The number of hydrogen-bond acceptors (Lipinski definition) is 6. The van der Waals surface area contributed by atoms with Gasteiger partial charge in [-0.05, 0) is 30.3 Å². The van der Waals surface area contributed by atoms with Crippen LogP contribution in [0.1, 0.15) is 5.56 Å². The van der Waals surface area contributed by atoms with Crippen LogP contribution in [0.4, 0.5) is 11.4 Å². The van der Waals surface area contributed by atoms with Crippen molar-refractivity contribution >= 4 is 24.8 Å². The number of nitrogens with zero attached hydrogens (tertiary/aromatic N) is 3. The van der Waals surface area contributed by atoms with E-state index in [4.69, 9.17) is 14.7 Å². The first-order valence-electron chi connectivity index (χ1n) is 8.50. The monoisotopic (exact) mass is 364 g/mol. The first-order chi connectivity index (χ1) is 12.4. The summed E-state index contributed by atoms with van der Waals surface area (Å²) < 4.78 is 11.7. The number of fused-ring (bicyclic) bond motifs is 3. The quantitative estimate of drug-likeness (QED) is 0.841. The van der Waals surface area contributed by atoms with E-state index in [9.17, 15) is 0 Å². The Morgan fingerprint density at radius 1 is 1.31 bits per heavy atom. The molecule has 4 rings (SSSR count). The second-order valence-corrected chi connectivity index (χ2v) is 12.4. The van der Waals surface area contributed by atoms with E-state index >= 15 is 0 Å². The summed E-state index contributed by atoms with van der Waals surface area (Å²) in [7, 11) is -1.40. The van der Waals surface area contributed by atoms with Gasteiger partial charge < -0.3 is 14.8 Å². The maximum atomic E-state index is 9.00. The Morgan fingerprint density at radius 2 is 2.15 bits per heavy atom. The summed E-state index contributed by atoms with van der Waals surface area (Å²) in [6.45, 7) is 7.15. The number of hydrogen-bond donors (Lipinski definition) is 1. The lowest BCUT2D eigenvalue weighted by Gasteiger charge is -2.16. The summed E-state index contributed by atoms with van der Waals surface area (Å²) in [6, 6.07) is 11.7. The van der Waals surface area contributed by atoms with E-state index in [1.807, 2.05) is 35.4 Å². The van der Waals surface area contributed by atoms with E-state index in [1.54, 1.807) is 12.3 Å². The van der Waals surface area contributed by atoms with Gasteiger partial charge in [0, 0.05) is 5.32 Å². The molecule has 2 aromatic rings. The second kappa shape index (κ2) is 6.07. The van der Waals surface area contributed by atoms with Gasteiger partial charge in [-0.2, -0.15) is 5.26 Å². The van der Waals surface area contributed by atoms with Crippen LogP contribution in [0.3, 0.4) is 0 Å². The minimum atomic E-state index is -1.40. The first-order valence-corrected chi connectivity index (χ1v) is 12.0. The molecule has 1 atom stereocenters. The summed E-state index contributed by atoms with van der Waals surface area (Å²) in [6.07, 6.45) is 3.42. The van der Waals surface area contributed by atoms with Crippen molar-refractivity contribution in [3.05, 3.63) is 54.1 Å². The molecule has 0 saturated carbocycles. The highest BCUT2D eigenvalue weighted by atomic mass is 28.3. The van der Waals surface area contributed by atoms with Crippen molar-refractivity contribution in [2.75, 3.05) is 16.8 Å². The summed E-state index contributed by atoms with van der Waals surface area (Å²) in [5, 5.41) is 13.4. The van der Waals surface area contributed by atoms with Gasteiger partial charge in [-0.3, -0.25) is 9.88 Å². The van der Waals surface area contributed by atoms with Crippen LogP contribution in [0, 0.1) is 11.3 Å². The van der Waals surface area contributed by atoms with Crippen molar-refractivity contribution in [1.82, 2.24) is 4.98 Å². The van der Waals surface area contributed by atoms with Gasteiger partial charge in [0.05, 0.1) is 35.4 Å². The Kier molecular flexibility index (Phi) is 3.85. The summed E-state index contributed by atoms with van der Waals surface area (Å²) in [4.78, 5) is 6.53. The van der Waals surface area contributed by atoms with Crippen LogP contribution in [-0.4, -0.2) is 26.0 Å². The molecule has 2 aliphatic heterocycles. The van der Waals surface area contributed by atoms with Gasteiger partial charge in [0.15, 0.2) is 5.76 Å². The fourth-order valence-corrected chi connectivity index (χ4v) is 4.00. The third-order valence-corrected chi connectivity index (χ3v) is 6.20. The Labute approximate surface area is 153 Å². The average Bonchev–Trinajstić information content (AvgIpc) is 3.16. The van der Waals surface area contributed by atoms with Gasteiger partial charge in [0.1, 0.15) is 20.4 Å². The molecule has 0 fully saturated rings. The Balaban J connectivity index is 1.42. The lowest BCUT2D eigenvalue weighted by Crippen LogP contribution is -2.39. The third-order valence-electron chi connectivity index (χ3n) is 4.37. The third kappa shape index (κ3) is 3.00. The molecule has 7 heteroatoms. The molecule has 0 saturated heterocycles. The van der Waals surface area contributed by atoms with Gasteiger partial charge in [-0.1, -0.05) is 19.6 Å². The molecule has 1 unspecified atom stereocenters. The smallest absolute Gasteiger partial charge is 0.254 e. The number of benzene rings is 1. The summed E-state index contributed by atoms with van der Waals surface area (Å²) in [5.74, 6) is 1.47. The lowest BCUT2D eigenvalue weighted by atomic mass is 10.2. The molecule has 132 valence electrons. The second-order valence-electron chi connectivity index (χ2n) is 7.38. The molecule has 0 aliphatic carbocycles. The van der Waals surface area contributed by atoms with Crippen LogP contribution in [-0.2, 0) is 4.74 Å². The first kappa shape index (κ1) is 16.5. The minimum Gasteiger partial charge on any atom is -0.484 e. The highest BCUT2D eigenvalue weighted by Crippen LogP contribution is 2.39. The Bertz CT molecular complexity index is 913. The molecule has 0 bridgehead atoms. The normalized spacial score (nSPS) is 17.5. The zero-order valence-electron chi connectivity index (χ0n) is 15.0. The molecule has 3 heterocycles. The van der Waals surface area contributed by atoms with E-state index < -0.39 is 8.07 Å². The van der Waals surface area contributed by atoms with Gasteiger partial charge in [-0.25, -0.2) is 0 Å². The highest BCUT2D eigenvalue weighted by Gasteiger charge is 2.34. The van der Waals surface area contributed by atoms with Crippen molar-refractivity contribution in [3.63, 3.8) is 0 Å².